The number of hydrogen-bond acceptors (Lipinski definition) is 3. The smallest absolute Gasteiger partial charge is 0.216 e. The molecule has 1 aromatic heterocycles. The molecule has 0 aromatic carbocycles. The van der Waals surface area contributed by atoms with E-state index in [2.05, 4.69) is 10.3 Å². The summed E-state index contributed by atoms with van der Waals surface area (Å²) < 4.78 is 5.74. The van der Waals surface area contributed by atoms with E-state index in [9.17, 15) is 0 Å². The lowest BCUT2D eigenvalue weighted by atomic mass is 9.99. The lowest BCUT2D eigenvalue weighted by Crippen LogP contribution is -2.30. The second-order valence-electron chi connectivity index (χ2n) is 4.13. The Kier molecular flexibility index (Phi) is 8.30. The van der Waals surface area contributed by atoms with E-state index in [4.69, 9.17) is 4.74 Å². The van der Waals surface area contributed by atoms with Gasteiger partial charge in [-0.15, -0.1) is 24.8 Å². The Morgan fingerprint density at radius 2 is 2.06 bits per heavy atom. The summed E-state index contributed by atoms with van der Waals surface area (Å²) in [5.74, 6) is 1.48. The summed E-state index contributed by atoms with van der Waals surface area (Å²) in [5.41, 5.74) is 1.12. The minimum Gasteiger partial charge on any atom is -0.477 e. The van der Waals surface area contributed by atoms with Gasteiger partial charge >= 0.3 is 0 Å². The first-order valence-corrected chi connectivity index (χ1v) is 5.61. The van der Waals surface area contributed by atoms with E-state index < -0.39 is 0 Å². The van der Waals surface area contributed by atoms with Gasteiger partial charge < -0.3 is 10.1 Å². The van der Waals surface area contributed by atoms with Crippen molar-refractivity contribution in [2.24, 2.45) is 5.92 Å². The molecule has 0 spiro atoms. The van der Waals surface area contributed by atoms with Crippen LogP contribution >= 0.6 is 24.8 Å². The quantitative estimate of drug-likeness (QED) is 0.923. The van der Waals surface area contributed by atoms with Crippen LogP contribution in [0.2, 0.25) is 0 Å². The number of piperidine rings is 1. The van der Waals surface area contributed by atoms with Crippen LogP contribution in [0.25, 0.3) is 0 Å². The standard InChI is InChI=1S/C12H18N2O.2ClH/c1-10-3-2-6-14-12(10)15-9-11-4-7-13-8-5-11;;/h2-3,6,11,13H,4-5,7-9H2,1H3;2*1H. The van der Waals surface area contributed by atoms with Crippen LogP contribution in [0.15, 0.2) is 18.3 Å². The zero-order valence-electron chi connectivity index (χ0n) is 10.0. The molecule has 0 bridgehead atoms. The van der Waals surface area contributed by atoms with Crippen molar-refractivity contribution in [1.82, 2.24) is 10.3 Å². The number of aryl methyl sites for hydroxylation is 1. The summed E-state index contributed by atoms with van der Waals surface area (Å²) in [5, 5.41) is 3.35. The molecule has 98 valence electrons. The number of pyridine rings is 1. The Morgan fingerprint density at radius 3 is 2.71 bits per heavy atom. The molecule has 0 radical (unpaired) electrons. The number of nitrogens with zero attached hydrogens (tertiary/aromatic N) is 1. The molecule has 1 N–H and O–H groups in total. The average Bonchev–Trinajstić information content (AvgIpc) is 2.29. The van der Waals surface area contributed by atoms with Crippen LogP contribution < -0.4 is 10.1 Å². The van der Waals surface area contributed by atoms with Crippen molar-refractivity contribution in [3.05, 3.63) is 23.9 Å². The molecule has 17 heavy (non-hydrogen) atoms. The van der Waals surface area contributed by atoms with Crippen molar-refractivity contribution >= 4 is 24.8 Å². The van der Waals surface area contributed by atoms with Crippen molar-refractivity contribution in [1.29, 1.82) is 0 Å². The van der Waals surface area contributed by atoms with Crippen molar-refractivity contribution in [3.63, 3.8) is 0 Å². The highest BCUT2D eigenvalue weighted by Crippen LogP contribution is 2.16. The van der Waals surface area contributed by atoms with E-state index in [1.807, 2.05) is 19.1 Å². The molecule has 0 atom stereocenters. The molecule has 1 aromatic rings. The molecule has 2 rings (SSSR count). The summed E-state index contributed by atoms with van der Waals surface area (Å²) in [6.45, 7) is 5.08. The van der Waals surface area contributed by atoms with Crippen LogP contribution in [0.1, 0.15) is 18.4 Å². The molecule has 2 heterocycles. The summed E-state index contributed by atoms with van der Waals surface area (Å²) in [6.07, 6.45) is 4.21. The molecule has 3 nitrogen and oxygen atoms in total. The van der Waals surface area contributed by atoms with Crippen LogP contribution in [0.4, 0.5) is 0 Å². The van der Waals surface area contributed by atoms with Gasteiger partial charge in [0.25, 0.3) is 0 Å². The van der Waals surface area contributed by atoms with Crippen molar-refractivity contribution in [3.8, 4) is 5.88 Å². The minimum absolute atomic E-state index is 0. The van der Waals surface area contributed by atoms with E-state index in [1.54, 1.807) is 6.20 Å². The molecule has 0 saturated carbocycles. The SMILES string of the molecule is Cc1cccnc1OCC1CCNCC1.Cl.Cl. The summed E-state index contributed by atoms with van der Waals surface area (Å²) in [7, 11) is 0. The molecular formula is C12H20Cl2N2O. The van der Waals surface area contributed by atoms with Gasteiger partial charge in [-0.25, -0.2) is 4.98 Å². The van der Waals surface area contributed by atoms with Gasteiger partial charge in [0.1, 0.15) is 0 Å². The molecule has 1 aliphatic rings. The van der Waals surface area contributed by atoms with Crippen molar-refractivity contribution in [2.75, 3.05) is 19.7 Å². The van der Waals surface area contributed by atoms with Crippen LogP contribution in [-0.2, 0) is 0 Å². The first kappa shape index (κ1) is 16.5. The van der Waals surface area contributed by atoms with Gasteiger partial charge in [-0.05, 0) is 44.8 Å². The number of hydrogen-bond donors (Lipinski definition) is 1. The zero-order valence-corrected chi connectivity index (χ0v) is 11.6. The van der Waals surface area contributed by atoms with Gasteiger partial charge in [-0.2, -0.15) is 0 Å². The maximum absolute atomic E-state index is 5.74. The van der Waals surface area contributed by atoms with Crippen LogP contribution in [0.5, 0.6) is 5.88 Å². The first-order valence-electron chi connectivity index (χ1n) is 5.61. The van der Waals surface area contributed by atoms with Gasteiger partial charge in [-0.3, -0.25) is 0 Å². The average molecular weight is 279 g/mol. The van der Waals surface area contributed by atoms with Crippen molar-refractivity contribution in [2.45, 2.75) is 19.8 Å². The highest BCUT2D eigenvalue weighted by Gasteiger charge is 2.14. The number of rotatable bonds is 3. The Bertz CT molecular complexity index is 317. The number of aromatic nitrogens is 1. The Hall–Kier alpha value is -0.510. The van der Waals surface area contributed by atoms with Gasteiger partial charge in [-0.1, -0.05) is 6.07 Å². The third-order valence-electron chi connectivity index (χ3n) is 2.88. The second-order valence-corrected chi connectivity index (χ2v) is 4.13. The molecule has 0 unspecified atom stereocenters. The van der Waals surface area contributed by atoms with Gasteiger partial charge in [0.15, 0.2) is 0 Å². The highest BCUT2D eigenvalue weighted by atomic mass is 35.5. The fourth-order valence-corrected chi connectivity index (χ4v) is 1.87. The fourth-order valence-electron chi connectivity index (χ4n) is 1.87. The van der Waals surface area contributed by atoms with E-state index in [-0.39, 0.29) is 24.8 Å². The summed E-state index contributed by atoms with van der Waals surface area (Å²) >= 11 is 0. The summed E-state index contributed by atoms with van der Waals surface area (Å²) in [6, 6.07) is 3.97. The van der Waals surface area contributed by atoms with Crippen LogP contribution in [0.3, 0.4) is 0 Å². The lowest BCUT2D eigenvalue weighted by molar-refractivity contribution is 0.208. The Morgan fingerprint density at radius 1 is 1.35 bits per heavy atom. The monoisotopic (exact) mass is 278 g/mol. The van der Waals surface area contributed by atoms with E-state index >= 15 is 0 Å². The Labute approximate surface area is 115 Å². The molecule has 5 heteroatoms. The predicted molar refractivity (Wildman–Crippen MR) is 74.6 cm³/mol. The lowest BCUT2D eigenvalue weighted by Gasteiger charge is -2.22. The fraction of sp³-hybridized carbons (Fsp3) is 0.583. The zero-order chi connectivity index (χ0) is 10.5. The normalized spacial score (nSPS) is 15.6. The largest absolute Gasteiger partial charge is 0.477 e. The van der Waals surface area contributed by atoms with E-state index in [1.165, 1.54) is 12.8 Å². The third-order valence-corrected chi connectivity index (χ3v) is 2.88. The first-order chi connectivity index (χ1) is 7.36. The van der Waals surface area contributed by atoms with Crippen LogP contribution in [0, 0.1) is 12.8 Å². The van der Waals surface area contributed by atoms with Crippen LogP contribution in [-0.4, -0.2) is 24.7 Å². The maximum atomic E-state index is 5.74. The molecule has 0 aliphatic carbocycles. The van der Waals surface area contributed by atoms with E-state index in [0.717, 1.165) is 31.1 Å². The number of halogens is 2. The summed E-state index contributed by atoms with van der Waals surface area (Å²) in [4.78, 5) is 4.22. The van der Waals surface area contributed by atoms with Gasteiger partial charge in [0.2, 0.25) is 5.88 Å². The Balaban J connectivity index is 0.00000128. The van der Waals surface area contributed by atoms with E-state index in [0.29, 0.717) is 5.92 Å². The molecule has 1 aliphatic heterocycles. The topological polar surface area (TPSA) is 34.1 Å². The van der Waals surface area contributed by atoms with Gasteiger partial charge in [0.05, 0.1) is 6.61 Å². The predicted octanol–water partition coefficient (Wildman–Crippen LogP) is 2.61. The maximum Gasteiger partial charge on any atom is 0.216 e. The molecule has 0 amide bonds. The minimum atomic E-state index is 0. The van der Waals surface area contributed by atoms with Gasteiger partial charge in [0, 0.05) is 11.8 Å². The second kappa shape index (κ2) is 8.56. The number of ether oxygens (including phenoxy) is 1. The number of nitrogens with one attached hydrogen (secondary N) is 1. The highest BCUT2D eigenvalue weighted by molar-refractivity contribution is 5.85. The van der Waals surface area contributed by atoms with Crippen molar-refractivity contribution < 1.29 is 4.74 Å². The molecule has 1 fully saturated rings. The third kappa shape index (κ3) is 5.11. The molecular weight excluding hydrogens is 259 g/mol. The molecule has 1 saturated heterocycles.